The number of aldehydes is 1. The molecule has 0 fully saturated rings. The maximum atomic E-state index is 10.2. The molecule has 0 aliphatic heterocycles. The molecule has 0 saturated heterocycles. The van der Waals surface area contributed by atoms with E-state index in [0.717, 1.165) is 23.9 Å². The van der Waals surface area contributed by atoms with Crippen LogP contribution in [0, 0.1) is 0 Å². The molecule has 0 spiro atoms. The van der Waals surface area contributed by atoms with Gasteiger partial charge in [-0.25, -0.2) is 0 Å². The Labute approximate surface area is 90.6 Å². The Morgan fingerprint density at radius 2 is 2.07 bits per heavy atom. The van der Waals surface area contributed by atoms with Crippen LogP contribution in [0.4, 0.5) is 0 Å². The fourth-order valence-corrected chi connectivity index (χ4v) is 1.16. The molecular formula is C11H17ClO2. The van der Waals surface area contributed by atoms with Crippen molar-refractivity contribution in [1.82, 2.24) is 0 Å². The molecule has 1 unspecified atom stereocenters. The first kappa shape index (κ1) is 13.4. The van der Waals surface area contributed by atoms with Crippen LogP contribution in [0.3, 0.4) is 0 Å². The highest BCUT2D eigenvalue weighted by Gasteiger charge is 2.04. The number of ether oxygens (including phenoxy) is 1. The molecule has 0 aliphatic carbocycles. The summed E-state index contributed by atoms with van der Waals surface area (Å²) in [6.07, 6.45) is 5.05. The predicted molar refractivity (Wildman–Crippen MR) is 59.7 cm³/mol. The van der Waals surface area contributed by atoms with Crippen LogP contribution in [0.25, 0.3) is 0 Å². The third kappa shape index (κ3) is 5.95. The lowest BCUT2D eigenvalue weighted by Crippen LogP contribution is -2.08. The van der Waals surface area contributed by atoms with Gasteiger partial charge in [-0.05, 0) is 26.3 Å². The summed E-state index contributed by atoms with van der Waals surface area (Å²) in [5.41, 5.74) is 2.09. The molecular weight excluding hydrogens is 200 g/mol. The highest BCUT2D eigenvalue weighted by Crippen LogP contribution is 2.10. The molecule has 0 aliphatic rings. The molecule has 0 radical (unpaired) electrons. The van der Waals surface area contributed by atoms with Crippen molar-refractivity contribution < 1.29 is 9.53 Å². The van der Waals surface area contributed by atoms with E-state index in [1.54, 1.807) is 13.2 Å². The molecule has 0 saturated carbocycles. The van der Waals surface area contributed by atoms with Gasteiger partial charge in [-0.2, -0.15) is 0 Å². The number of methoxy groups -OCH3 is 1. The molecule has 0 heterocycles. The van der Waals surface area contributed by atoms with Crippen LogP contribution in [-0.4, -0.2) is 25.4 Å². The smallest absolute Gasteiger partial charge is 0.142 e. The maximum Gasteiger partial charge on any atom is 0.142 e. The molecule has 0 aromatic heterocycles. The zero-order valence-electron chi connectivity index (χ0n) is 8.92. The van der Waals surface area contributed by atoms with Crippen LogP contribution in [0.15, 0.2) is 23.3 Å². The summed E-state index contributed by atoms with van der Waals surface area (Å²) < 4.78 is 5.25. The van der Waals surface area contributed by atoms with Gasteiger partial charge >= 0.3 is 0 Å². The Kier molecular flexibility index (Phi) is 7.44. The SMILES string of the molecule is COC(C=C(C)CCl)CC(C)=CC=O. The number of allylic oxidation sites excluding steroid dienone is 2. The number of rotatable bonds is 6. The summed E-state index contributed by atoms with van der Waals surface area (Å²) in [4.78, 5) is 10.2. The summed E-state index contributed by atoms with van der Waals surface area (Å²) >= 11 is 5.66. The molecule has 1 atom stereocenters. The first-order valence-corrected chi connectivity index (χ1v) is 5.04. The van der Waals surface area contributed by atoms with Gasteiger partial charge < -0.3 is 4.74 Å². The molecule has 14 heavy (non-hydrogen) atoms. The second-order valence-electron chi connectivity index (χ2n) is 3.27. The Morgan fingerprint density at radius 3 is 2.50 bits per heavy atom. The van der Waals surface area contributed by atoms with Crippen LogP contribution in [0.2, 0.25) is 0 Å². The van der Waals surface area contributed by atoms with Gasteiger partial charge in [-0.3, -0.25) is 4.79 Å². The van der Waals surface area contributed by atoms with Crippen LogP contribution in [-0.2, 0) is 9.53 Å². The highest BCUT2D eigenvalue weighted by atomic mass is 35.5. The van der Waals surface area contributed by atoms with Crippen molar-refractivity contribution in [2.75, 3.05) is 13.0 Å². The monoisotopic (exact) mass is 216 g/mol. The second-order valence-corrected chi connectivity index (χ2v) is 3.54. The molecule has 0 aromatic carbocycles. The van der Waals surface area contributed by atoms with E-state index in [1.807, 2.05) is 19.9 Å². The number of carbonyl (C=O) groups excluding carboxylic acids is 1. The van der Waals surface area contributed by atoms with E-state index >= 15 is 0 Å². The van der Waals surface area contributed by atoms with Crippen molar-refractivity contribution in [2.45, 2.75) is 26.4 Å². The van der Waals surface area contributed by atoms with E-state index in [4.69, 9.17) is 16.3 Å². The van der Waals surface area contributed by atoms with Crippen LogP contribution < -0.4 is 0 Å². The van der Waals surface area contributed by atoms with E-state index in [0.29, 0.717) is 5.88 Å². The van der Waals surface area contributed by atoms with Crippen molar-refractivity contribution >= 4 is 17.9 Å². The van der Waals surface area contributed by atoms with Gasteiger partial charge in [0.15, 0.2) is 0 Å². The van der Waals surface area contributed by atoms with Crippen LogP contribution >= 0.6 is 11.6 Å². The van der Waals surface area contributed by atoms with E-state index < -0.39 is 0 Å². The van der Waals surface area contributed by atoms with Crippen molar-refractivity contribution in [2.24, 2.45) is 0 Å². The van der Waals surface area contributed by atoms with Crippen molar-refractivity contribution in [1.29, 1.82) is 0 Å². The highest BCUT2D eigenvalue weighted by molar-refractivity contribution is 6.19. The standard InChI is InChI=1S/C11H17ClO2/c1-9(4-5-13)6-11(14-3)7-10(2)8-12/h4-5,7,11H,6,8H2,1-3H3. The number of halogens is 1. The molecule has 0 amide bonds. The fraction of sp³-hybridized carbons (Fsp3) is 0.545. The quantitative estimate of drug-likeness (QED) is 0.295. The summed E-state index contributed by atoms with van der Waals surface area (Å²) in [6.45, 7) is 3.86. The minimum atomic E-state index is 0.00458. The first-order chi connectivity index (χ1) is 6.63. The number of hydrogen-bond acceptors (Lipinski definition) is 2. The Balaban J connectivity index is 4.29. The van der Waals surface area contributed by atoms with Crippen LogP contribution in [0.1, 0.15) is 20.3 Å². The minimum absolute atomic E-state index is 0.00458. The lowest BCUT2D eigenvalue weighted by atomic mass is 10.1. The Bertz CT molecular complexity index is 231. The van der Waals surface area contributed by atoms with Crippen LogP contribution in [0.5, 0.6) is 0 Å². The summed E-state index contributed by atoms with van der Waals surface area (Å²) in [5.74, 6) is 0.510. The summed E-state index contributed by atoms with van der Waals surface area (Å²) in [6, 6.07) is 0. The summed E-state index contributed by atoms with van der Waals surface area (Å²) in [5, 5.41) is 0. The van der Waals surface area contributed by atoms with Gasteiger partial charge in [-0.15, -0.1) is 11.6 Å². The molecule has 80 valence electrons. The van der Waals surface area contributed by atoms with E-state index in [9.17, 15) is 4.79 Å². The average molecular weight is 217 g/mol. The van der Waals surface area contributed by atoms with E-state index in [1.165, 1.54) is 0 Å². The van der Waals surface area contributed by atoms with Crippen molar-refractivity contribution in [3.63, 3.8) is 0 Å². The topological polar surface area (TPSA) is 26.3 Å². The Morgan fingerprint density at radius 1 is 1.43 bits per heavy atom. The minimum Gasteiger partial charge on any atom is -0.377 e. The predicted octanol–water partition coefficient (Wildman–Crippen LogP) is 2.72. The first-order valence-electron chi connectivity index (χ1n) is 4.51. The number of carbonyl (C=O) groups is 1. The number of alkyl halides is 1. The molecule has 3 heteroatoms. The molecule has 0 rings (SSSR count). The van der Waals surface area contributed by atoms with Gasteiger partial charge in [0.05, 0.1) is 6.10 Å². The molecule has 0 aromatic rings. The summed E-state index contributed by atoms with van der Waals surface area (Å²) in [7, 11) is 1.65. The Hall–Kier alpha value is -0.600. The molecule has 2 nitrogen and oxygen atoms in total. The van der Waals surface area contributed by atoms with Gasteiger partial charge in [0.1, 0.15) is 6.29 Å². The van der Waals surface area contributed by atoms with Gasteiger partial charge in [0, 0.05) is 13.0 Å². The second kappa shape index (κ2) is 7.77. The van der Waals surface area contributed by atoms with Gasteiger partial charge in [0.25, 0.3) is 0 Å². The third-order valence-corrected chi connectivity index (χ3v) is 2.28. The molecule has 0 N–H and O–H groups in total. The normalized spacial score (nSPS) is 15.4. The third-order valence-electron chi connectivity index (χ3n) is 1.86. The fourth-order valence-electron chi connectivity index (χ4n) is 1.07. The zero-order chi connectivity index (χ0) is 11.0. The van der Waals surface area contributed by atoms with E-state index in [-0.39, 0.29) is 6.10 Å². The van der Waals surface area contributed by atoms with Gasteiger partial charge in [-0.1, -0.05) is 17.2 Å². The maximum absolute atomic E-state index is 10.2. The average Bonchev–Trinajstić information content (AvgIpc) is 2.16. The number of hydrogen-bond donors (Lipinski definition) is 0. The van der Waals surface area contributed by atoms with Crippen molar-refractivity contribution in [3.8, 4) is 0 Å². The van der Waals surface area contributed by atoms with Crippen molar-refractivity contribution in [3.05, 3.63) is 23.3 Å². The molecule has 0 bridgehead atoms. The largest absolute Gasteiger partial charge is 0.377 e. The lowest BCUT2D eigenvalue weighted by molar-refractivity contribution is -0.104. The lowest BCUT2D eigenvalue weighted by Gasteiger charge is -2.11. The van der Waals surface area contributed by atoms with E-state index in [2.05, 4.69) is 0 Å². The van der Waals surface area contributed by atoms with Gasteiger partial charge in [0.2, 0.25) is 0 Å². The zero-order valence-corrected chi connectivity index (χ0v) is 9.67.